The number of hydrogen-bond acceptors (Lipinski definition) is 14. The van der Waals surface area contributed by atoms with Crippen LogP contribution in [0.5, 0.6) is 0 Å². The fraction of sp³-hybridized carbons (Fsp3) is 0.633. The van der Waals surface area contributed by atoms with Gasteiger partial charge in [0.2, 0.25) is 59.1 Å². The molecule has 24 nitrogen and oxygen atoms in total. The van der Waals surface area contributed by atoms with E-state index in [4.69, 9.17) is 20.9 Å². The number of ether oxygens (including phenoxy) is 2. The van der Waals surface area contributed by atoms with Gasteiger partial charge in [-0.3, -0.25) is 47.9 Å². The Morgan fingerprint density at radius 2 is 1.20 bits per heavy atom. The first-order chi connectivity index (χ1) is 40.2. The van der Waals surface area contributed by atoms with E-state index < -0.39 is 120 Å². The summed E-state index contributed by atoms with van der Waals surface area (Å²) >= 11 is 0. The van der Waals surface area contributed by atoms with Crippen molar-refractivity contribution in [3.63, 3.8) is 0 Å². The van der Waals surface area contributed by atoms with E-state index in [1.807, 2.05) is 58.0 Å². The van der Waals surface area contributed by atoms with Crippen LogP contribution in [-0.4, -0.2) is 158 Å². The Balaban J connectivity index is 1.32. The van der Waals surface area contributed by atoms with E-state index in [-0.39, 0.29) is 81.7 Å². The summed E-state index contributed by atoms with van der Waals surface area (Å²) in [5.74, 6) is -5.06. The average Bonchev–Trinajstić information content (AvgIpc) is 4.14. The normalized spacial score (nSPS) is 23.0. The number of nitrogens with one attached hydrogen (secondary N) is 10. The third-order valence-corrected chi connectivity index (χ3v) is 15.1. The molecule has 84 heavy (non-hydrogen) atoms. The van der Waals surface area contributed by atoms with Crippen LogP contribution in [0, 0.1) is 11.8 Å². The summed E-state index contributed by atoms with van der Waals surface area (Å²) in [4.78, 5) is 137. The highest BCUT2D eigenvalue weighted by atomic mass is 16.5. The molecule has 24 heteroatoms. The van der Waals surface area contributed by atoms with Crippen molar-refractivity contribution in [1.82, 2.24) is 53.2 Å². The maximum absolute atomic E-state index is 14.7. The highest BCUT2D eigenvalue weighted by Gasteiger charge is 2.44. The first-order valence-electron chi connectivity index (χ1n) is 30.0. The van der Waals surface area contributed by atoms with Gasteiger partial charge in [0.05, 0.1) is 30.3 Å². The smallest absolute Gasteiger partial charge is 0.249 e. The van der Waals surface area contributed by atoms with Crippen molar-refractivity contribution in [2.24, 2.45) is 23.3 Å². The van der Waals surface area contributed by atoms with Crippen LogP contribution in [0.1, 0.15) is 130 Å². The molecule has 3 heterocycles. The van der Waals surface area contributed by atoms with E-state index in [0.717, 1.165) is 5.56 Å². The number of nitrogens with two attached hydrogens (primary N) is 2. The van der Waals surface area contributed by atoms with Gasteiger partial charge in [0.15, 0.2) is 0 Å². The number of hydrogen-bond donors (Lipinski definition) is 12. The van der Waals surface area contributed by atoms with Crippen LogP contribution in [-0.2, 0) is 70.3 Å². The van der Waals surface area contributed by atoms with Crippen LogP contribution in [0.3, 0.4) is 0 Å². The van der Waals surface area contributed by atoms with Gasteiger partial charge in [-0.15, -0.1) is 0 Å². The van der Waals surface area contributed by atoms with Gasteiger partial charge in [0, 0.05) is 64.7 Å². The molecule has 3 saturated heterocycles. The average molecular weight is 1170 g/mol. The number of unbranched alkanes of at least 4 members (excludes halogenated alkanes) is 2. The number of amides is 10. The molecule has 0 spiro atoms. The summed E-state index contributed by atoms with van der Waals surface area (Å²) < 4.78 is 12.3. The summed E-state index contributed by atoms with van der Waals surface area (Å²) in [5, 5.41) is 28.6. The minimum atomic E-state index is -1.23. The molecule has 3 aliphatic rings. The molecule has 0 aromatic heterocycles. The predicted octanol–water partition coefficient (Wildman–Crippen LogP) is 0.0814. The van der Waals surface area contributed by atoms with Gasteiger partial charge in [-0.1, -0.05) is 102 Å². The summed E-state index contributed by atoms with van der Waals surface area (Å²) in [6, 6.07) is 10.0. The molecule has 3 fully saturated rings. The van der Waals surface area contributed by atoms with Crippen LogP contribution in [0.4, 0.5) is 0 Å². The zero-order valence-corrected chi connectivity index (χ0v) is 49.6. The van der Waals surface area contributed by atoms with Gasteiger partial charge in [-0.25, -0.2) is 0 Å². The minimum absolute atomic E-state index is 0.0100. The third kappa shape index (κ3) is 22.2. The fourth-order valence-corrected chi connectivity index (χ4v) is 10.4. The van der Waals surface area contributed by atoms with Crippen molar-refractivity contribution in [2.45, 2.75) is 204 Å². The molecule has 0 radical (unpaired) electrons. The van der Waals surface area contributed by atoms with Crippen molar-refractivity contribution in [3.05, 3.63) is 71.8 Å². The van der Waals surface area contributed by atoms with E-state index in [9.17, 15) is 47.9 Å². The Morgan fingerprint density at radius 3 is 1.81 bits per heavy atom. The summed E-state index contributed by atoms with van der Waals surface area (Å²) in [6.45, 7) is 11.7. The molecule has 2 aromatic rings. The van der Waals surface area contributed by atoms with Crippen LogP contribution in [0.25, 0.3) is 0 Å². The Morgan fingerprint density at radius 1 is 0.619 bits per heavy atom. The predicted molar refractivity (Wildman–Crippen MR) is 314 cm³/mol. The van der Waals surface area contributed by atoms with Gasteiger partial charge in [-0.2, -0.15) is 0 Å². The first kappa shape index (κ1) is 67.8. The van der Waals surface area contributed by atoms with Gasteiger partial charge >= 0.3 is 0 Å². The standard InChI is InChI=1S/C60H92N12O12/c1-7-51(73)63-25-17-15-23-39(62)53(75)67-41-31-47(83-49(41)33-61)59(81)71-46(30-38-21-13-10-14-22-38)58(80)70-44(28-36(5)6)56(78)66-40(24-16-18-26-64-52(74)8-2)55(77)68-42-32-48-60(82)72-45(29-37-19-11-9-12-20-37)57(79)69-43(27-35(3)4)54(76)65-34-50(42)84-48/h9-14,19-22,35-36,39-50H,7-8,15-18,23-34,61-62H2,1-6H3,(H,63,73)(H,64,74)(H,65,76)(H,66,78)(H,67,75)(H,68,77)(H,69,79)(H,70,80)(H,71,81)(H,72,82)/t39-,40-,41-,42-,43-,44-,45-,46-,47-,48-,49+,50+/m0/s1. The molecular formula is C60H92N12O12. The molecule has 2 aromatic carbocycles. The molecule has 14 N–H and O–H groups in total. The lowest BCUT2D eigenvalue weighted by atomic mass is 9.99. The second kappa shape index (κ2) is 34.7. The monoisotopic (exact) mass is 1170 g/mol. The summed E-state index contributed by atoms with van der Waals surface area (Å²) in [7, 11) is 0. The maximum atomic E-state index is 14.7. The Hall–Kier alpha value is -7.02. The zero-order valence-electron chi connectivity index (χ0n) is 49.6. The first-order valence-corrected chi connectivity index (χ1v) is 30.0. The van der Waals surface area contributed by atoms with Gasteiger partial charge < -0.3 is 74.1 Å². The van der Waals surface area contributed by atoms with Crippen molar-refractivity contribution in [3.8, 4) is 0 Å². The minimum Gasteiger partial charge on any atom is -0.362 e. The zero-order chi connectivity index (χ0) is 61.3. The number of carbonyl (C=O) groups is 10. The molecule has 464 valence electrons. The molecule has 10 amide bonds. The molecule has 5 rings (SSSR count). The van der Waals surface area contributed by atoms with Crippen LogP contribution in [0.15, 0.2) is 60.7 Å². The largest absolute Gasteiger partial charge is 0.362 e. The SMILES string of the molecule is CCC(=O)NCCCC[C@H](NC(=O)[C@H](CC(C)C)NC(=O)[C@H](Cc1ccccc1)NC(=O)[C@@H]1C[C@H](NC(=O)[C@@H](N)CCCCNC(=O)CC)[C@@H](CN)O1)C(=O)N[C@H]1C[C@@H]2O[C@@H]1CNC(=O)[C@H](CC(C)C)NC(=O)[C@H](Cc1ccccc1)NC2=O. The second-order valence-electron chi connectivity index (χ2n) is 23.0. The van der Waals surface area contributed by atoms with Crippen molar-refractivity contribution in [1.29, 1.82) is 0 Å². The Labute approximate surface area is 493 Å². The third-order valence-electron chi connectivity index (χ3n) is 15.1. The van der Waals surface area contributed by atoms with E-state index in [1.54, 1.807) is 44.2 Å². The van der Waals surface area contributed by atoms with Gasteiger partial charge in [0.25, 0.3) is 0 Å². The topological polar surface area (TPSA) is 361 Å². The van der Waals surface area contributed by atoms with Gasteiger partial charge in [-0.05, 0) is 74.3 Å². The summed E-state index contributed by atoms with van der Waals surface area (Å²) in [5.41, 5.74) is 13.8. The van der Waals surface area contributed by atoms with E-state index in [2.05, 4.69) is 53.2 Å². The van der Waals surface area contributed by atoms with Crippen LogP contribution < -0.4 is 64.6 Å². The molecule has 2 bridgehead atoms. The van der Waals surface area contributed by atoms with Crippen molar-refractivity contribution >= 4 is 59.1 Å². The van der Waals surface area contributed by atoms with Crippen LogP contribution >= 0.6 is 0 Å². The number of rotatable bonds is 31. The number of benzene rings is 2. The highest BCUT2D eigenvalue weighted by Crippen LogP contribution is 2.24. The second-order valence-corrected chi connectivity index (χ2v) is 23.0. The molecule has 3 aliphatic heterocycles. The van der Waals surface area contributed by atoms with E-state index in [1.165, 1.54) is 0 Å². The molecule has 0 unspecified atom stereocenters. The van der Waals surface area contributed by atoms with Gasteiger partial charge in [0.1, 0.15) is 42.4 Å². The quantitative estimate of drug-likeness (QED) is 0.0445. The lowest BCUT2D eigenvalue weighted by Crippen LogP contribution is -2.59. The highest BCUT2D eigenvalue weighted by molar-refractivity contribution is 5.96. The number of fused-ring (bicyclic) bond motifs is 2. The molecule has 0 aliphatic carbocycles. The lowest BCUT2D eigenvalue weighted by Gasteiger charge is -2.28. The van der Waals surface area contributed by atoms with Crippen LogP contribution in [0.2, 0.25) is 0 Å². The Bertz CT molecular complexity index is 2510. The molecular weight excluding hydrogens is 1080 g/mol. The Kier molecular flexibility index (Phi) is 28.0. The van der Waals surface area contributed by atoms with Crippen molar-refractivity contribution in [2.75, 3.05) is 26.2 Å². The molecule has 0 saturated carbocycles. The van der Waals surface area contributed by atoms with E-state index >= 15 is 0 Å². The van der Waals surface area contributed by atoms with E-state index in [0.29, 0.717) is 63.6 Å². The number of carbonyl (C=O) groups excluding carboxylic acids is 10. The summed E-state index contributed by atoms with van der Waals surface area (Å²) in [6.07, 6.45) is -0.177. The lowest BCUT2D eigenvalue weighted by molar-refractivity contribution is -0.138. The van der Waals surface area contributed by atoms with Crippen molar-refractivity contribution < 1.29 is 57.4 Å². The maximum Gasteiger partial charge on any atom is 0.249 e. The molecule has 12 atom stereocenters. The fourth-order valence-electron chi connectivity index (χ4n) is 10.4.